The zero-order valence-electron chi connectivity index (χ0n) is 12.2. The molecule has 0 N–H and O–H groups in total. The fraction of sp³-hybridized carbons (Fsp3) is 0.667. The highest BCUT2D eigenvalue weighted by Gasteiger charge is 2.28. The minimum absolute atomic E-state index is 0.821. The maximum absolute atomic E-state index is 2.78. The predicted octanol–water partition coefficient (Wildman–Crippen LogP) is 4.44. The van der Waals surface area contributed by atoms with E-state index in [1.165, 1.54) is 51.6 Å². The molecule has 1 aromatic carbocycles. The molecule has 0 amide bonds. The second-order valence-corrected chi connectivity index (χ2v) is 6.63. The van der Waals surface area contributed by atoms with Crippen LogP contribution in [-0.2, 0) is 0 Å². The fourth-order valence-corrected chi connectivity index (χ4v) is 3.89. The molecule has 19 heavy (non-hydrogen) atoms. The van der Waals surface area contributed by atoms with Crippen molar-refractivity contribution in [1.82, 2.24) is 4.90 Å². The first-order valence-corrected chi connectivity index (χ1v) is 8.12. The molecule has 1 saturated carbocycles. The van der Waals surface area contributed by atoms with Crippen LogP contribution in [0, 0.1) is 5.92 Å². The third kappa shape index (κ3) is 3.20. The predicted molar refractivity (Wildman–Crippen MR) is 81.4 cm³/mol. The monoisotopic (exact) mass is 257 g/mol. The SMILES string of the molecule is CC1CCN(C2CCC(c3ccccc3)CC2)CC1. The van der Waals surface area contributed by atoms with Crippen molar-refractivity contribution in [2.24, 2.45) is 5.92 Å². The highest BCUT2D eigenvalue weighted by Crippen LogP contribution is 2.35. The molecule has 2 aliphatic rings. The van der Waals surface area contributed by atoms with E-state index in [1.807, 2.05) is 0 Å². The highest BCUT2D eigenvalue weighted by atomic mass is 15.2. The Morgan fingerprint density at radius 2 is 1.47 bits per heavy atom. The van der Waals surface area contributed by atoms with Crippen LogP contribution in [-0.4, -0.2) is 24.0 Å². The lowest BCUT2D eigenvalue weighted by atomic mass is 9.80. The van der Waals surface area contributed by atoms with Gasteiger partial charge in [-0.25, -0.2) is 0 Å². The van der Waals surface area contributed by atoms with Crippen molar-refractivity contribution in [2.45, 2.75) is 57.4 Å². The van der Waals surface area contributed by atoms with Crippen LogP contribution in [0.5, 0.6) is 0 Å². The van der Waals surface area contributed by atoms with Gasteiger partial charge in [-0.05, 0) is 69.0 Å². The van der Waals surface area contributed by atoms with Gasteiger partial charge < -0.3 is 4.90 Å². The van der Waals surface area contributed by atoms with E-state index in [0.29, 0.717) is 0 Å². The second kappa shape index (κ2) is 6.09. The summed E-state index contributed by atoms with van der Waals surface area (Å²) in [5.74, 6) is 1.78. The van der Waals surface area contributed by atoms with Gasteiger partial charge in [-0.1, -0.05) is 37.3 Å². The van der Waals surface area contributed by atoms with Gasteiger partial charge in [0.15, 0.2) is 0 Å². The summed E-state index contributed by atoms with van der Waals surface area (Å²) in [6.45, 7) is 5.10. The number of nitrogens with zero attached hydrogens (tertiary/aromatic N) is 1. The minimum Gasteiger partial charge on any atom is -0.300 e. The number of hydrogen-bond acceptors (Lipinski definition) is 1. The molecule has 0 bridgehead atoms. The molecule has 104 valence electrons. The lowest BCUT2D eigenvalue weighted by Gasteiger charge is -2.40. The van der Waals surface area contributed by atoms with Gasteiger partial charge in [-0.15, -0.1) is 0 Å². The summed E-state index contributed by atoms with van der Waals surface area (Å²) >= 11 is 0. The molecule has 0 aromatic heterocycles. The first-order valence-electron chi connectivity index (χ1n) is 8.12. The minimum atomic E-state index is 0.821. The fourth-order valence-electron chi connectivity index (χ4n) is 3.89. The van der Waals surface area contributed by atoms with Gasteiger partial charge in [0.1, 0.15) is 0 Å². The van der Waals surface area contributed by atoms with Crippen molar-refractivity contribution in [1.29, 1.82) is 0 Å². The van der Waals surface area contributed by atoms with E-state index in [4.69, 9.17) is 0 Å². The van der Waals surface area contributed by atoms with Gasteiger partial charge in [-0.3, -0.25) is 0 Å². The van der Waals surface area contributed by atoms with Crippen molar-refractivity contribution >= 4 is 0 Å². The van der Waals surface area contributed by atoms with Crippen LogP contribution in [0.25, 0.3) is 0 Å². The summed E-state index contributed by atoms with van der Waals surface area (Å²) in [5, 5.41) is 0. The molecule has 1 aromatic rings. The molecule has 2 fully saturated rings. The molecular formula is C18H27N. The summed E-state index contributed by atoms with van der Waals surface area (Å²) in [7, 11) is 0. The Bertz CT molecular complexity index is 370. The van der Waals surface area contributed by atoms with E-state index < -0.39 is 0 Å². The van der Waals surface area contributed by atoms with E-state index in [2.05, 4.69) is 42.2 Å². The molecule has 0 unspecified atom stereocenters. The normalized spacial score (nSPS) is 30.4. The zero-order chi connectivity index (χ0) is 13.1. The lowest BCUT2D eigenvalue weighted by Crippen LogP contribution is -2.42. The summed E-state index contributed by atoms with van der Waals surface area (Å²) in [6.07, 6.45) is 8.43. The molecule has 1 heterocycles. The molecule has 3 rings (SSSR count). The van der Waals surface area contributed by atoms with Crippen molar-refractivity contribution in [2.75, 3.05) is 13.1 Å². The molecule has 0 spiro atoms. The van der Waals surface area contributed by atoms with E-state index in [9.17, 15) is 0 Å². The van der Waals surface area contributed by atoms with E-state index in [0.717, 1.165) is 17.9 Å². The summed E-state index contributed by atoms with van der Waals surface area (Å²) in [6, 6.07) is 12.0. The van der Waals surface area contributed by atoms with Crippen LogP contribution >= 0.6 is 0 Å². The third-order valence-electron chi connectivity index (χ3n) is 5.30. The van der Waals surface area contributed by atoms with Crippen LogP contribution in [0.2, 0.25) is 0 Å². The Morgan fingerprint density at radius 1 is 0.842 bits per heavy atom. The van der Waals surface area contributed by atoms with Gasteiger partial charge in [0.05, 0.1) is 0 Å². The van der Waals surface area contributed by atoms with E-state index in [-0.39, 0.29) is 0 Å². The molecule has 1 heteroatoms. The quantitative estimate of drug-likeness (QED) is 0.757. The Morgan fingerprint density at radius 3 is 2.11 bits per heavy atom. The standard InChI is InChI=1S/C18H27N/c1-15-11-13-19(14-12-15)18-9-7-17(8-10-18)16-5-3-2-4-6-16/h2-6,15,17-18H,7-14H2,1H3. The molecule has 0 atom stereocenters. The molecule has 1 aliphatic heterocycles. The van der Waals surface area contributed by atoms with Crippen molar-refractivity contribution in [3.05, 3.63) is 35.9 Å². The maximum atomic E-state index is 2.78. The van der Waals surface area contributed by atoms with Crippen LogP contribution in [0.15, 0.2) is 30.3 Å². The number of hydrogen-bond donors (Lipinski definition) is 0. The lowest BCUT2D eigenvalue weighted by molar-refractivity contribution is 0.106. The average Bonchev–Trinajstić information content (AvgIpc) is 2.49. The number of benzene rings is 1. The summed E-state index contributed by atoms with van der Waals surface area (Å²) in [4.78, 5) is 2.78. The zero-order valence-corrected chi connectivity index (χ0v) is 12.2. The van der Waals surface area contributed by atoms with Gasteiger partial charge in [-0.2, -0.15) is 0 Å². The summed E-state index contributed by atoms with van der Waals surface area (Å²) in [5.41, 5.74) is 1.56. The first kappa shape index (κ1) is 13.2. The first-order chi connectivity index (χ1) is 9.33. The smallest absolute Gasteiger partial charge is 0.00956 e. The maximum Gasteiger partial charge on any atom is 0.00956 e. The van der Waals surface area contributed by atoms with Crippen molar-refractivity contribution < 1.29 is 0 Å². The Hall–Kier alpha value is -0.820. The molecule has 1 aliphatic carbocycles. The van der Waals surface area contributed by atoms with Crippen LogP contribution < -0.4 is 0 Å². The van der Waals surface area contributed by atoms with Crippen LogP contribution in [0.4, 0.5) is 0 Å². The Balaban J connectivity index is 1.52. The van der Waals surface area contributed by atoms with Gasteiger partial charge in [0, 0.05) is 6.04 Å². The Kier molecular flexibility index (Phi) is 4.22. The third-order valence-corrected chi connectivity index (χ3v) is 5.30. The van der Waals surface area contributed by atoms with Crippen LogP contribution in [0.3, 0.4) is 0 Å². The topological polar surface area (TPSA) is 3.24 Å². The number of rotatable bonds is 2. The molecular weight excluding hydrogens is 230 g/mol. The van der Waals surface area contributed by atoms with Gasteiger partial charge >= 0.3 is 0 Å². The number of piperidine rings is 1. The van der Waals surface area contributed by atoms with Gasteiger partial charge in [0.25, 0.3) is 0 Å². The number of likely N-dealkylation sites (tertiary alicyclic amines) is 1. The van der Waals surface area contributed by atoms with Gasteiger partial charge in [0.2, 0.25) is 0 Å². The largest absolute Gasteiger partial charge is 0.300 e. The molecule has 0 radical (unpaired) electrons. The van der Waals surface area contributed by atoms with Crippen LogP contribution in [0.1, 0.15) is 56.9 Å². The molecule has 1 nitrogen and oxygen atoms in total. The second-order valence-electron chi connectivity index (χ2n) is 6.63. The molecule has 1 saturated heterocycles. The highest BCUT2D eigenvalue weighted by molar-refractivity contribution is 5.20. The average molecular weight is 257 g/mol. The Labute approximate surface area is 118 Å². The van der Waals surface area contributed by atoms with Crippen molar-refractivity contribution in [3.63, 3.8) is 0 Å². The van der Waals surface area contributed by atoms with E-state index >= 15 is 0 Å². The van der Waals surface area contributed by atoms with E-state index in [1.54, 1.807) is 5.56 Å². The van der Waals surface area contributed by atoms with Crippen molar-refractivity contribution in [3.8, 4) is 0 Å². The summed E-state index contributed by atoms with van der Waals surface area (Å²) < 4.78 is 0.